The summed E-state index contributed by atoms with van der Waals surface area (Å²) in [7, 11) is 0. The summed E-state index contributed by atoms with van der Waals surface area (Å²) < 4.78 is 0. The Morgan fingerprint density at radius 3 is 2.60 bits per heavy atom. The number of amides is 3. The summed E-state index contributed by atoms with van der Waals surface area (Å²) in [4.78, 5) is 52.4. The quantitative estimate of drug-likeness (QED) is 0.215. The number of benzene rings is 2. The molecule has 3 N–H and O–H groups in total. The molecule has 2 aromatic heterocycles. The number of aromatic nitrogens is 3. The van der Waals surface area contributed by atoms with Crippen LogP contribution in [0.3, 0.4) is 0 Å². The maximum atomic E-state index is 12.9. The lowest BCUT2D eigenvalue weighted by Crippen LogP contribution is -2.38. The van der Waals surface area contributed by atoms with Gasteiger partial charge in [0, 0.05) is 49.7 Å². The van der Waals surface area contributed by atoms with Crippen molar-refractivity contribution in [3.63, 3.8) is 0 Å². The number of anilines is 1. The van der Waals surface area contributed by atoms with Crippen LogP contribution in [0, 0.1) is 5.92 Å². The van der Waals surface area contributed by atoms with Crippen LogP contribution < -0.4 is 20.9 Å². The smallest absolute Gasteiger partial charge is 0.290 e. The molecule has 2 aliphatic rings. The Morgan fingerprint density at radius 1 is 0.956 bits per heavy atom. The van der Waals surface area contributed by atoms with E-state index in [0.717, 1.165) is 66.6 Å². The fraction of sp³-hybridized carbons (Fsp3) is 0.235. The molecule has 0 atom stereocenters. The van der Waals surface area contributed by atoms with E-state index in [9.17, 15) is 14.4 Å². The molecule has 3 amide bonds. The molecule has 4 heterocycles. The van der Waals surface area contributed by atoms with Gasteiger partial charge in [-0.2, -0.15) is 0 Å². The molecule has 2 aliphatic heterocycles. The van der Waals surface area contributed by atoms with Crippen LogP contribution in [-0.2, 0) is 17.9 Å². The van der Waals surface area contributed by atoms with E-state index in [0.29, 0.717) is 41.1 Å². The lowest BCUT2D eigenvalue weighted by Gasteiger charge is -2.32. The van der Waals surface area contributed by atoms with Gasteiger partial charge in [-0.25, -0.2) is 9.97 Å². The number of carbonyl (C=O) groups is 3. The van der Waals surface area contributed by atoms with Crippen LogP contribution in [0.4, 0.5) is 10.7 Å². The molecule has 0 spiro atoms. The minimum atomic E-state index is -0.396. The minimum absolute atomic E-state index is 0.117. The summed E-state index contributed by atoms with van der Waals surface area (Å²) in [6.07, 6.45) is 7.07. The van der Waals surface area contributed by atoms with Crippen molar-refractivity contribution in [1.29, 1.82) is 0 Å². The zero-order chi connectivity index (χ0) is 31.0. The summed E-state index contributed by atoms with van der Waals surface area (Å²) in [5.41, 5.74) is 5.10. The lowest BCUT2D eigenvalue weighted by molar-refractivity contribution is -0.115. The maximum absolute atomic E-state index is 12.9. The van der Waals surface area contributed by atoms with Gasteiger partial charge in [0.2, 0.25) is 5.95 Å². The van der Waals surface area contributed by atoms with Gasteiger partial charge in [-0.05, 0) is 78.5 Å². The highest BCUT2D eigenvalue weighted by molar-refractivity contribution is 8.18. The Morgan fingerprint density at radius 2 is 1.80 bits per heavy atom. The number of hydrogen-bond donors (Lipinski definition) is 3. The molecule has 10 nitrogen and oxygen atoms in total. The van der Waals surface area contributed by atoms with Crippen molar-refractivity contribution in [1.82, 2.24) is 30.9 Å². The van der Waals surface area contributed by atoms with E-state index in [2.05, 4.69) is 41.9 Å². The summed E-state index contributed by atoms with van der Waals surface area (Å²) in [5, 5.41) is 8.52. The number of carbonyl (C=O) groups excluding carboxylic acids is 3. The van der Waals surface area contributed by atoms with E-state index in [1.54, 1.807) is 24.5 Å². The first-order valence-electron chi connectivity index (χ1n) is 14.9. The van der Waals surface area contributed by atoms with Crippen LogP contribution in [0.2, 0.25) is 0 Å². The zero-order valence-electron chi connectivity index (χ0n) is 24.6. The van der Waals surface area contributed by atoms with Crippen molar-refractivity contribution in [2.45, 2.75) is 25.9 Å². The van der Waals surface area contributed by atoms with E-state index >= 15 is 0 Å². The Labute approximate surface area is 265 Å². The first-order valence-corrected chi connectivity index (χ1v) is 15.7. The van der Waals surface area contributed by atoms with E-state index in [1.807, 2.05) is 60.7 Å². The van der Waals surface area contributed by atoms with E-state index in [-0.39, 0.29) is 11.1 Å². The van der Waals surface area contributed by atoms with Gasteiger partial charge >= 0.3 is 0 Å². The monoisotopic (exact) mass is 619 g/mol. The minimum Gasteiger partial charge on any atom is -0.348 e. The highest BCUT2D eigenvalue weighted by Crippen LogP contribution is 2.27. The third-order valence-corrected chi connectivity index (χ3v) is 8.63. The molecule has 45 heavy (non-hydrogen) atoms. The zero-order valence-corrected chi connectivity index (χ0v) is 25.4. The number of piperidine rings is 1. The normalized spacial score (nSPS) is 16.2. The Hall–Kier alpha value is -4.87. The average molecular weight is 620 g/mol. The van der Waals surface area contributed by atoms with Gasteiger partial charge in [0.05, 0.1) is 16.3 Å². The molecule has 0 bridgehead atoms. The maximum Gasteiger partial charge on any atom is 0.290 e. The van der Waals surface area contributed by atoms with Gasteiger partial charge in [0.1, 0.15) is 0 Å². The number of pyridine rings is 1. The lowest BCUT2D eigenvalue weighted by atomic mass is 9.96. The molecule has 6 rings (SSSR count). The van der Waals surface area contributed by atoms with Crippen molar-refractivity contribution < 1.29 is 14.4 Å². The van der Waals surface area contributed by atoms with Crippen LogP contribution in [0.15, 0.2) is 90.1 Å². The predicted molar refractivity (Wildman–Crippen MR) is 175 cm³/mol. The van der Waals surface area contributed by atoms with Crippen molar-refractivity contribution >= 4 is 40.8 Å². The van der Waals surface area contributed by atoms with E-state index in [4.69, 9.17) is 0 Å². The van der Waals surface area contributed by atoms with Crippen molar-refractivity contribution in [2.75, 3.05) is 24.5 Å². The summed E-state index contributed by atoms with van der Waals surface area (Å²) >= 11 is 0.879. The molecule has 0 aliphatic carbocycles. The number of rotatable bonds is 10. The van der Waals surface area contributed by atoms with Gasteiger partial charge in [-0.3, -0.25) is 24.7 Å². The van der Waals surface area contributed by atoms with Crippen LogP contribution in [0.1, 0.15) is 40.0 Å². The largest absolute Gasteiger partial charge is 0.348 e. The van der Waals surface area contributed by atoms with E-state index < -0.39 is 5.91 Å². The van der Waals surface area contributed by atoms with Crippen LogP contribution in [0.25, 0.3) is 17.3 Å². The highest BCUT2D eigenvalue weighted by atomic mass is 32.2. The molecular weight excluding hydrogens is 586 g/mol. The van der Waals surface area contributed by atoms with Crippen molar-refractivity contribution in [3.8, 4) is 11.3 Å². The first kappa shape index (κ1) is 30.2. The summed E-state index contributed by atoms with van der Waals surface area (Å²) in [6, 6.07) is 23.2. The molecular formula is C34H33N7O3S. The van der Waals surface area contributed by atoms with Crippen LogP contribution in [-0.4, -0.2) is 51.6 Å². The van der Waals surface area contributed by atoms with Crippen molar-refractivity contribution in [2.24, 2.45) is 5.92 Å². The molecule has 2 fully saturated rings. The standard InChI is InChI=1S/C34H33N7O3S/c42-31(38-21-23-6-2-1-3-7-23)26-9-4-8-25(18-26)30-27(10-5-14-36-30)22-35-20-24-12-16-41(17-13-24)33-37-15-11-28(39-33)19-29-32(43)40-34(44)45-29/h1-11,14-15,18-19,24,35H,12-13,16-17,20-22H2,(H,38,42)(H,40,43,44). The van der Waals surface area contributed by atoms with E-state index in [1.165, 1.54) is 0 Å². The average Bonchev–Trinajstić information content (AvgIpc) is 3.40. The Bertz CT molecular complexity index is 1720. The topological polar surface area (TPSA) is 129 Å². The number of hydrogen-bond acceptors (Lipinski definition) is 9. The molecule has 0 radical (unpaired) electrons. The fourth-order valence-electron chi connectivity index (χ4n) is 5.43. The van der Waals surface area contributed by atoms with Gasteiger partial charge in [0.15, 0.2) is 0 Å². The molecule has 228 valence electrons. The molecule has 0 unspecified atom stereocenters. The third-order valence-electron chi connectivity index (χ3n) is 7.82. The second-order valence-electron chi connectivity index (χ2n) is 11.0. The SMILES string of the molecule is O=C1NC(=O)C(=Cc2ccnc(N3CCC(CNCc4cccnc4-c4cccc(C(=O)NCc5ccccc5)c4)CC3)n2)S1. The molecule has 4 aromatic rings. The number of nitrogens with zero attached hydrogens (tertiary/aromatic N) is 4. The summed E-state index contributed by atoms with van der Waals surface area (Å²) in [5.74, 6) is 0.621. The van der Waals surface area contributed by atoms with Gasteiger partial charge in [-0.1, -0.05) is 48.5 Å². The molecule has 11 heteroatoms. The third kappa shape index (κ3) is 7.81. The van der Waals surface area contributed by atoms with Crippen LogP contribution >= 0.6 is 11.8 Å². The molecule has 0 saturated carbocycles. The van der Waals surface area contributed by atoms with Gasteiger partial charge in [0.25, 0.3) is 17.1 Å². The Balaban J connectivity index is 1.01. The fourth-order valence-corrected chi connectivity index (χ4v) is 6.09. The predicted octanol–water partition coefficient (Wildman–Crippen LogP) is 4.80. The van der Waals surface area contributed by atoms with Gasteiger partial charge in [-0.15, -0.1) is 0 Å². The number of thioether (sulfide) groups is 1. The molecule has 2 aromatic carbocycles. The Kier molecular flexibility index (Phi) is 9.57. The second kappa shape index (κ2) is 14.3. The molecule has 2 saturated heterocycles. The van der Waals surface area contributed by atoms with Gasteiger partial charge < -0.3 is 15.5 Å². The second-order valence-corrected chi connectivity index (χ2v) is 12.0. The summed E-state index contributed by atoms with van der Waals surface area (Å²) in [6.45, 7) is 3.68. The number of imide groups is 1. The van der Waals surface area contributed by atoms with Crippen molar-refractivity contribution in [3.05, 3.63) is 112 Å². The highest BCUT2D eigenvalue weighted by Gasteiger charge is 2.26. The van der Waals surface area contributed by atoms with Crippen LogP contribution in [0.5, 0.6) is 0 Å². The number of nitrogens with one attached hydrogen (secondary N) is 3. The first-order chi connectivity index (χ1) is 22.0.